The normalized spacial score (nSPS) is 44.5. The topological polar surface area (TPSA) is 130 Å². The average Bonchev–Trinajstić information content (AvgIpc) is 3.14. The van der Waals surface area contributed by atoms with Crippen LogP contribution in [0.3, 0.4) is 0 Å². The molecule has 0 aliphatic heterocycles. The summed E-state index contributed by atoms with van der Waals surface area (Å²) in [4.78, 5) is 37.5. The fraction of sp³-hybridized carbons (Fsp3) is 0.788. The Bertz CT molecular complexity index is 1140. The van der Waals surface area contributed by atoms with E-state index >= 15 is 0 Å². The molecule has 0 spiro atoms. The number of fused-ring (bicyclic) bond motifs is 5. The summed E-state index contributed by atoms with van der Waals surface area (Å²) in [5.41, 5.74) is 0.360. The molecule has 0 bridgehead atoms. The molecule has 0 aromatic carbocycles. The number of aliphatic hydroxyl groups excluding tert-OH is 2. The molecule has 0 aromatic rings. The number of esters is 2. The zero-order chi connectivity index (χ0) is 30.7. The summed E-state index contributed by atoms with van der Waals surface area (Å²) in [6.07, 6.45) is 3.08. The molecule has 230 valence electrons. The Balaban J connectivity index is 1.89. The summed E-state index contributed by atoms with van der Waals surface area (Å²) in [5.74, 6) is -2.50. The first-order chi connectivity index (χ1) is 19.0. The van der Waals surface area contributed by atoms with Crippen molar-refractivity contribution < 1.29 is 39.2 Å². The minimum atomic E-state index is -1.04. The number of allylic oxidation sites excluding steroid dienone is 2. The standard InChI is InChI=1S/C33H50O8/c1-17(2)10-9-11-21(30(38)39)26-22-12-13-25-31(6)15-14-23(36)18(3)27(31)28(41-20(5)35)29(37)33(25,8)32(22,7)16-24(26)40-19(4)34/h10,18,22-25,27-29,36-37H,9,11-16H2,1-8H3,(H,38,39)/b26-21-. The predicted molar refractivity (Wildman–Crippen MR) is 153 cm³/mol. The van der Waals surface area contributed by atoms with Crippen molar-refractivity contribution in [2.75, 3.05) is 0 Å². The Labute approximate surface area is 244 Å². The number of aliphatic hydroxyl groups is 2. The van der Waals surface area contributed by atoms with Crippen LogP contribution in [0.2, 0.25) is 0 Å². The van der Waals surface area contributed by atoms with Gasteiger partial charge in [-0.05, 0) is 93.0 Å². The highest BCUT2D eigenvalue weighted by Crippen LogP contribution is 2.74. The molecule has 3 N–H and O–H groups in total. The molecule has 0 aromatic heterocycles. The van der Waals surface area contributed by atoms with E-state index in [0.717, 1.165) is 18.4 Å². The molecular weight excluding hydrogens is 524 g/mol. The molecule has 8 heteroatoms. The fourth-order valence-electron chi connectivity index (χ4n) is 10.1. The van der Waals surface area contributed by atoms with Gasteiger partial charge >= 0.3 is 17.9 Å². The van der Waals surface area contributed by atoms with Crippen molar-refractivity contribution in [2.45, 2.75) is 125 Å². The zero-order valence-corrected chi connectivity index (χ0v) is 26.0. The Morgan fingerprint density at radius 2 is 1.61 bits per heavy atom. The first-order valence-electron chi connectivity index (χ1n) is 15.3. The van der Waals surface area contributed by atoms with Crippen LogP contribution in [0.1, 0.15) is 100 Å². The van der Waals surface area contributed by atoms with Crippen LogP contribution in [0, 0.1) is 39.9 Å². The third kappa shape index (κ3) is 4.97. The van der Waals surface area contributed by atoms with Gasteiger partial charge in [0, 0.05) is 30.8 Å². The summed E-state index contributed by atoms with van der Waals surface area (Å²) in [7, 11) is 0. The highest BCUT2D eigenvalue weighted by molar-refractivity contribution is 5.88. The maximum atomic E-state index is 12.7. The summed E-state index contributed by atoms with van der Waals surface area (Å²) in [6.45, 7) is 15.1. The third-order valence-electron chi connectivity index (χ3n) is 12.0. The molecule has 11 unspecified atom stereocenters. The van der Waals surface area contributed by atoms with Gasteiger partial charge in [-0.15, -0.1) is 0 Å². The maximum Gasteiger partial charge on any atom is 0.331 e. The highest BCUT2D eigenvalue weighted by atomic mass is 16.6. The van der Waals surface area contributed by atoms with Crippen molar-refractivity contribution in [1.82, 2.24) is 0 Å². The van der Waals surface area contributed by atoms with E-state index in [0.29, 0.717) is 43.3 Å². The van der Waals surface area contributed by atoms with Crippen molar-refractivity contribution in [3.8, 4) is 0 Å². The van der Waals surface area contributed by atoms with Crippen molar-refractivity contribution in [1.29, 1.82) is 0 Å². The fourth-order valence-corrected chi connectivity index (χ4v) is 10.1. The van der Waals surface area contributed by atoms with Gasteiger partial charge in [-0.1, -0.05) is 39.3 Å². The van der Waals surface area contributed by atoms with Gasteiger partial charge in [0.05, 0.1) is 12.2 Å². The van der Waals surface area contributed by atoms with Crippen molar-refractivity contribution in [3.05, 3.63) is 22.8 Å². The molecule has 0 radical (unpaired) electrons. The quantitative estimate of drug-likeness (QED) is 0.224. The molecule has 4 saturated carbocycles. The van der Waals surface area contributed by atoms with Crippen LogP contribution in [0.25, 0.3) is 0 Å². The van der Waals surface area contributed by atoms with Gasteiger partial charge in [0.25, 0.3) is 0 Å². The number of carbonyl (C=O) groups excluding carboxylic acids is 2. The molecule has 4 aliphatic carbocycles. The van der Waals surface area contributed by atoms with E-state index in [-0.39, 0.29) is 29.1 Å². The number of rotatable bonds is 6. The predicted octanol–water partition coefficient (Wildman–Crippen LogP) is 5.21. The van der Waals surface area contributed by atoms with E-state index in [1.165, 1.54) is 13.8 Å². The second-order valence-electron chi connectivity index (χ2n) is 14.3. The van der Waals surface area contributed by atoms with E-state index in [1.807, 2.05) is 26.8 Å². The molecule has 4 fully saturated rings. The van der Waals surface area contributed by atoms with Crippen molar-refractivity contribution >= 4 is 17.9 Å². The van der Waals surface area contributed by atoms with E-state index in [4.69, 9.17) is 9.47 Å². The van der Waals surface area contributed by atoms with Gasteiger partial charge < -0.3 is 24.8 Å². The van der Waals surface area contributed by atoms with E-state index in [2.05, 4.69) is 20.8 Å². The minimum absolute atomic E-state index is 0.0364. The first-order valence-corrected chi connectivity index (χ1v) is 15.3. The average molecular weight is 575 g/mol. The van der Waals surface area contributed by atoms with E-state index in [9.17, 15) is 29.7 Å². The summed E-state index contributed by atoms with van der Waals surface area (Å²) >= 11 is 0. The molecular formula is C33H50O8. The van der Waals surface area contributed by atoms with Gasteiger partial charge in [0.15, 0.2) is 0 Å². The lowest BCUT2D eigenvalue weighted by Gasteiger charge is -2.70. The third-order valence-corrected chi connectivity index (χ3v) is 12.0. The van der Waals surface area contributed by atoms with Gasteiger partial charge in [-0.2, -0.15) is 0 Å². The van der Waals surface area contributed by atoms with Gasteiger partial charge in [-0.25, -0.2) is 4.79 Å². The Hall–Kier alpha value is -2.19. The lowest BCUT2D eigenvalue weighted by Crippen LogP contribution is -2.72. The number of hydrogen-bond donors (Lipinski definition) is 3. The van der Waals surface area contributed by atoms with Crippen LogP contribution in [0.15, 0.2) is 22.8 Å². The number of aliphatic carboxylic acids is 1. The molecule has 0 saturated heterocycles. The van der Waals surface area contributed by atoms with Crippen LogP contribution in [-0.2, 0) is 23.9 Å². The summed E-state index contributed by atoms with van der Waals surface area (Å²) in [6, 6.07) is 0. The maximum absolute atomic E-state index is 12.7. The first kappa shape index (κ1) is 31.7. The Kier molecular flexibility index (Phi) is 8.63. The van der Waals surface area contributed by atoms with E-state index in [1.54, 1.807) is 0 Å². The van der Waals surface area contributed by atoms with Gasteiger partial charge in [0.2, 0.25) is 0 Å². The summed E-state index contributed by atoms with van der Waals surface area (Å²) < 4.78 is 11.8. The number of carbonyl (C=O) groups is 3. The SMILES string of the molecule is CC(=O)OC1CC2(C)C(CCC3C4(C)CCC(O)C(C)C4C(OC(C)=O)C(O)C32C)/C1=C(\CCC=C(C)C)C(=O)O. The summed E-state index contributed by atoms with van der Waals surface area (Å²) in [5, 5.41) is 33.6. The number of hydrogen-bond acceptors (Lipinski definition) is 7. The number of carboxylic acid groups (broad SMARTS) is 1. The zero-order valence-electron chi connectivity index (χ0n) is 26.0. The van der Waals surface area contributed by atoms with Crippen molar-refractivity contribution in [3.63, 3.8) is 0 Å². The van der Waals surface area contributed by atoms with Crippen LogP contribution in [0.4, 0.5) is 0 Å². The number of ether oxygens (including phenoxy) is 2. The van der Waals surface area contributed by atoms with Gasteiger partial charge in [0.1, 0.15) is 12.2 Å². The largest absolute Gasteiger partial charge is 0.478 e. The minimum Gasteiger partial charge on any atom is -0.478 e. The lowest BCUT2D eigenvalue weighted by molar-refractivity contribution is -0.288. The molecule has 0 heterocycles. The second kappa shape index (κ2) is 11.1. The smallest absolute Gasteiger partial charge is 0.331 e. The molecule has 41 heavy (non-hydrogen) atoms. The molecule has 4 rings (SSSR count). The number of carboxylic acids is 1. The monoisotopic (exact) mass is 574 g/mol. The molecule has 0 amide bonds. The highest BCUT2D eigenvalue weighted by Gasteiger charge is 2.74. The van der Waals surface area contributed by atoms with E-state index < -0.39 is 53.2 Å². The van der Waals surface area contributed by atoms with Crippen LogP contribution in [-0.4, -0.2) is 57.6 Å². The molecule has 11 atom stereocenters. The van der Waals surface area contributed by atoms with Crippen LogP contribution >= 0.6 is 0 Å². The van der Waals surface area contributed by atoms with Gasteiger partial charge in [-0.3, -0.25) is 9.59 Å². The van der Waals surface area contributed by atoms with Crippen LogP contribution < -0.4 is 0 Å². The molecule has 8 nitrogen and oxygen atoms in total. The van der Waals surface area contributed by atoms with Crippen LogP contribution in [0.5, 0.6) is 0 Å². The second-order valence-corrected chi connectivity index (χ2v) is 14.3. The molecule has 4 aliphatic rings. The Morgan fingerprint density at radius 1 is 0.976 bits per heavy atom. The lowest BCUT2D eigenvalue weighted by atomic mass is 9.35. The Morgan fingerprint density at radius 3 is 2.17 bits per heavy atom. The van der Waals surface area contributed by atoms with Crippen molar-refractivity contribution in [2.24, 2.45) is 39.9 Å².